The second-order valence-electron chi connectivity index (χ2n) is 6.48. The van der Waals surface area contributed by atoms with Gasteiger partial charge < -0.3 is 10.6 Å². The number of nitrogens with one attached hydrogen (secondary N) is 2. The van der Waals surface area contributed by atoms with Crippen molar-refractivity contribution in [2.24, 2.45) is 0 Å². The monoisotopic (exact) mass is 309 g/mol. The van der Waals surface area contributed by atoms with Crippen LogP contribution in [-0.2, 0) is 9.59 Å². The third-order valence-corrected chi connectivity index (χ3v) is 2.80. The van der Waals surface area contributed by atoms with Gasteiger partial charge in [0, 0.05) is 11.2 Å². The highest BCUT2D eigenvalue weighted by molar-refractivity contribution is 5.92. The van der Waals surface area contributed by atoms with Crippen molar-refractivity contribution >= 4 is 17.5 Å². The van der Waals surface area contributed by atoms with Crippen molar-refractivity contribution in [2.45, 2.75) is 33.2 Å². The van der Waals surface area contributed by atoms with Crippen molar-refractivity contribution in [1.82, 2.24) is 10.2 Å². The van der Waals surface area contributed by atoms with Gasteiger partial charge in [-0.3, -0.25) is 14.5 Å². The van der Waals surface area contributed by atoms with Gasteiger partial charge in [0.05, 0.1) is 13.1 Å². The molecule has 0 radical (unpaired) electrons. The minimum atomic E-state index is -0.365. The molecule has 0 unspecified atom stereocenters. The molecule has 0 aliphatic heterocycles. The molecule has 0 atom stereocenters. The first-order valence-corrected chi connectivity index (χ1v) is 7.12. The number of halogens is 1. The van der Waals surface area contributed by atoms with Crippen LogP contribution in [0.5, 0.6) is 0 Å². The first kappa shape index (κ1) is 18.1. The first-order chi connectivity index (χ1) is 10.1. The minimum Gasteiger partial charge on any atom is -0.350 e. The van der Waals surface area contributed by atoms with Gasteiger partial charge in [0.15, 0.2) is 0 Å². The van der Waals surface area contributed by atoms with Crippen LogP contribution < -0.4 is 10.6 Å². The summed E-state index contributed by atoms with van der Waals surface area (Å²) in [5, 5.41) is 5.43. The van der Waals surface area contributed by atoms with Crippen molar-refractivity contribution in [3.05, 3.63) is 29.6 Å². The predicted molar refractivity (Wildman–Crippen MR) is 85.2 cm³/mol. The van der Waals surface area contributed by atoms with Gasteiger partial charge >= 0.3 is 0 Å². The summed E-state index contributed by atoms with van der Waals surface area (Å²) in [6, 6.07) is 4.52. The lowest BCUT2D eigenvalue weighted by Gasteiger charge is -2.23. The Morgan fingerprint density at radius 3 is 2.32 bits per heavy atom. The summed E-state index contributed by atoms with van der Waals surface area (Å²) in [7, 11) is 1.68. The van der Waals surface area contributed by atoms with Crippen LogP contribution in [0.1, 0.15) is 26.3 Å². The molecule has 0 aliphatic rings. The van der Waals surface area contributed by atoms with E-state index in [1.807, 2.05) is 20.8 Å². The maximum atomic E-state index is 13.4. The Bertz CT molecular complexity index is 553. The molecule has 0 aromatic heterocycles. The molecule has 122 valence electrons. The standard InChI is InChI=1S/C16H24FN3O2/c1-11-6-7-12(8-13(11)17)18-14(21)9-20(5)10-15(22)19-16(2,3)4/h6-8H,9-10H2,1-5H3,(H,18,21)(H,19,22). The Hall–Kier alpha value is -1.95. The van der Waals surface area contributed by atoms with Gasteiger partial charge in [-0.25, -0.2) is 4.39 Å². The van der Waals surface area contributed by atoms with Crippen LogP contribution in [-0.4, -0.2) is 42.4 Å². The number of carbonyl (C=O) groups excluding carboxylic acids is 2. The summed E-state index contributed by atoms with van der Waals surface area (Å²) < 4.78 is 13.4. The summed E-state index contributed by atoms with van der Waals surface area (Å²) in [6.45, 7) is 7.50. The molecule has 0 aliphatic carbocycles. The Morgan fingerprint density at radius 1 is 1.18 bits per heavy atom. The van der Waals surface area contributed by atoms with Gasteiger partial charge in [-0.05, 0) is 52.4 Å². The second kappa shape index (κ2) is 7.35. The Labute approximate surface area is 130 Å². The number of rotatable bonds is 5. The topological polar surface area (TPSA) is 61.4 Å². The highest BCUT2D eigenvalue weighted by atomic mass is 19.1. The number of nitrogens with zero attached hydrogens (tertiary/aromatic N) is 1. The zero-order valence-corrected chi connectivity index (χ0v) is 13.8. The molecule has 1 rings (SSSR count). The molecule has 0 heterocycles. The molecule has 2 amide bonds. The summed E-state index contributed by atoms with van der Waals surface area (Å²) in [6.07, 6.45) is 0. The summed E-state index contributed by atoms with van der Waals surface area (Å²) in [4.78, 5) is 25.2. The second-order valence-corrected chi connectivity index (χ2v) is 6.48. The molecule has 1 aromatic rings. The molecule has 0 fully saturated rings. The molecule has 6 heteroatoms. The van der Waals surface area contributed by atoms with Crippen LogP contribution in [0.4, 0.5) is 10.1 Å². The summed E-state index contributed by atoms with van der Waals surface area (Å²) in [5.74, 6) is -0.811. The van der Waals surface area contributed by atoms with Crippen LogP contribution in [0.3, 0.4) is 0 Å². The van der Waals surface area contributed by atoms with Crippen molar-refractivity contribution in [1.29, 1.82) is 0 Å². The largest absolute Gasteiger partial charge is 0.350 e. The Balaban J connectivity index is 2.47. The molecule has 0 bridgehead atoms. The molecular formula is C16H24FN3O2. The quantitative estimate of drug-likeness (QED) is 0.873. The van der Waals surface area contributed by atoms with Crippen molar-refractivity contribution < 1.29 is 14.0 Å². The SMILES string of the molecule is Cc1ccc(NC(=O)CN(C)CC(=O)NC(C)(C)C)cc1F. The first-order valence-electron chi connectivity index (χ1n) is 7.12. The van der Waals surface area contributed by atoms with E-state index in [-0.39, 0.29) is 36.3 Å². The molecule has 1 aromatic carbocycles. The fourth-order valence-electron chi connectivity index (χ4n) is 1.88. The van der Waals surface area contributed by atoms with Gasteiger partial charge in [-0.1, -0.05) is 6.07 Å². The lowest BCUT2D eigenvalue weighted by atomic mass is 10.1. The lowest BCUT2D eigenvalue weighted by Crippen LogP contribution is -2.46. The number of carbonyl (C=O) groups is 2. The van der Waals surface area contributed by atoms with E-state index >= 15 is 0 Å². The average molecular weight is 309 g/mol. The number of anilines is 1. The van der Waals surface area contributed by atoms with Gasteiger partial charge in [0.1, 0.15) is 5.82 Å². The third kappa shape index (κ3) is 6.67. The molecular weight excluding hydrogens is 285 g/mol. The fraction of sp³-hybridized carbons (Fsp3) is 0.500. The molecule has 5 nitrogen and oxygen atoms in total. The third-order valence-electron chi connectivity index (χ3n) is 2.80. The maximum absolute atomic E-state index is 13.4. The van der Waals surface area contributed by atoms with Gasteiger partial charge in [-0.15, -0.1) is 0 Å². The Morgan fingerprint density at radius 2 is 1.77 bits per heavy atom. The van der Waals surface area contributed by atoms with E-state index in [1.165, 1.54) is 6.07 Å². The van der Waals surface area contributed by atoms with Crippen LogP contribution in [0.25, 0.3) is 0 Å². The van der Waals surface area contributed by atoms with Crippen molar-refractivity contribution in [2.75, 3.05) is 25.5 Å². The van der Waals surface area contributed by atoms with E-state index in [0.29, 0.717) is 11.3 Å². The normalized spacial score (nSPS) is 11.4. The smallest absolute Gasteiger partial charge is 0.238 e. The number of hydrogen-bond donors (Lipinski definition) is 2. The van der Waals surface area contributed by atoms with Gasteiger partial charge in [0.2, 0.25) is 11.8 Å². The number of benzene rings is 1. The van der Waals surface area contributed by atoms with E-state index in [0.717, 1.165) is 0 Å². The van der Waals surface area contributed by atoms with E-state index in [4.69, 9.17) is 0 Å². The minimum absolute atomic E-state index is 0.0487. The predicted octanol–water partition coefficient (Wildman–Crippen LogP) is 1.92. The van der Waals surface area contributed by atoms with Crippen molar-refractivity contribution in [3.63, 3.8) is 0 Å². The highest BCUT2D eigenvalue weighted by Gasteiger charge is 2.16. The van der Waals surface area contributed by atoms with E-state index < -0.39 is 0 Å². The van der Waals surface area contributed by atoms with Gasteiger partial charge in [-0.2, -0.15) is 0 Å². The van der Waals surface area contributed by atoms with Gasteiger partial charge in [0.25, 0.3) is 0 Å². The fourth-order valence-corrected chi connectivity index (χ4v) is 1.88. The lowest BCUT2D eigenvalue weighted by molar-refractivity contribution is -0.124. The average Bonchev–Trinajstić information content (AvgIpc) is 2.30. The van der Waals surface area contributed by atoms with E-state index in [9.17, 15) is 14.0 Å². The highest BCUT2D eigenvalue weighted by Crippen LogP contribution is 2.13. The Kier molecular flexibility index (Phi) is 6.05. The van der Waals surface area contributed by atoms with Crippen LogP contribution >= 0.6 is 0 Å². The van der Waals surface area contributed by atoms with Crippen LogP contribution in [0, 0.1) is 12.7 Å². The summed E-state index contributed by atoms with van der Waals surface area (Å²) in [5.41, 5.74) is 0.620. The number of amides is 2. The zero-order chi connectivity index (χ0) is 16.9. The van der Waals surface area contributed by atoms with E-state index in [2.05, 4.69) is 10.6 Å². The van der Waals surface area contributed by atoms with E-state index in [1.54, 1.807) is 31.0 Å². The van der Waals surface area contributed by atoms with Crippen LogP contribution in [0.2, 0.25) is 0 Å². The molecule has 0 saturated carbocycles. The molecule has 22 heavy (non-hydrogen) atoms. The van der Waals surface area contributed by atoms with Crippen molar-refractivity contribution in [3.8, 4) is 0 Å². The number of likely N-dealkylation sites (N-methyl/N-ethyl adjacent to an activating group) is 1. The molecule has 0 saturated heterocycles. The molecule has 0 spiro atoms. The summed E-state index contributed by atoms with van der Waals surface area (Å²) >= 11 is 0. The van der Waals surface area contributed by atoms with Crippen LogP contribution in [0.15, 0.2) is 18.2 Å². The molecule has 2 N–H and O–H groups in total. The maximum Gasteiger partial charge on any atom is 0.238 e. The number of aryl methyl sites for hydroxylation is 1. The number of hydrogen-bond acceptors (Lipinski definition) is 3. The zero-order valence-electron chi connectivity index (χ0n) is 13.8.